The number of hydrogen-bond acceptors (Lipinski definition) is 2. The van der Waals surface area contributed by atoms with Gasteiger partial charge in [-0.1, -0.05) is 0 Å². The molecule has 0 aromatic rings. The van der Waals surface area contributed by atoms with Crippen LogP contribution in [0.25, 0.3) is 0 Å². The molecule has 1 atom stereocenters. The minimum Gasteiger partial charge on any atom is -0.338 e. The summed E-state index contributed by atoms with van der Waals surface area (Å²) in [4.78, 5) is 11.8. The average Bonchev–Trinajstić information content (AvgIpc) is 2.23. The minimum absolute atomic E-state index is 0.482. The number of carbonyl (C=O) groups excluding carboxylic acids is 1. The number of thioether (sulfide) groups is 1. The van der Waals surface area contributed by atoms with Crippen LogP contribution in [0.3, 0.4) is 0 Å². The number of rotatable bonds is 6. The van der Waals surface area contributed by atoms with Crippen molar-refractivity contribution < 1.29 is 22.4 Å². The molecule has 0 aliphatic heterocycles. The van der Waals surface area contributed by atoms with Crippen LogP contribution in [0.1, 0.15) is 13.3 Å². The second-order valence-corrected chi connectivity index (χ2v) is 4.46. The lowest BCUT2D eigenvalue weighted by Gasteiger charge is -2.28. The molecular formula is C9H15F4NOS. The van der Waals surface area contributed by atoms with E-state index in [4.69, 9.17) is 0 Å². The van der Waals surface area contributed by atoms with Crippen molar-refractivity contribution in [2.24, 2.45) is 0 Å². The van der Waals surface area contributed by atoms with Gasteiger partial charge in [0.05, 0.1) is 0 Å². The van der Waals surface area contributed by atoms with Gasteiger partial charge in [-0.3, -0.25) is 4.79 Å². The predicted octanol–water partition coefficient (Wildman–Crippen LogP) is 2.49. The van der Waals surface area contributed by atoms with Gasteiger partial charge in [0.1, 0.15) is 0 Å². The summed E-state index contributed by atoms with van der Waals surface area (Å²) in [6, 6.07) is -0.482. The molecule has 96 valence electrons. The van der Waals surface area contributed by atoms with Crippen molar-refractivity contribution >= 4 is 17.7 Å². The number of nitrogens with zero attached hydrogens (tertiary/aromatic N) is 1. The summed E-state index contributed by atoms with van der Waals surface area (Å²) in [5.74, 6) is -5.74. The number of amides is 1. The van der Waals surface area contributed by atoms with Crippen LogP contribution in [-0.4, -0.2) is 48.3 Å². The smallest absolute Gasteiger partial charge is 0.338 e. The number of carbonyl (C=O) groups is 1. The molecule has 0 saturated carbocycles. The number of halogens is 4. The van der Waals surface area contributed by atoms with Gasteiger partial charge < -0.3 is 4.90 Å². The molecule has 2 nitrogen and oxygen atoms in total. The van der Waals surface area contributed by atoms with Gasteiger partial charge in [0.2, 0.25) is 0 Å². The van der Waals surface area contributed by atoms with E-state index in [1.165, 1.54) is 11.8 Å². The van der Waals surface area contributed by atoms with Crippen LogP contribution < -0.4 is 0 Å². The summed E-state index contributed by atoms with van der Waals surface area (Å²) in [7, 11) is 1.11. The summed E-state index contributed by atoms with van der Waals surface area (Å²) in [6.07, 6.45) is -1.64. The van der Waals surface area contributed by atoms with Gasteiger partial charge in [0, 0.05) is 13.1 Å². The Morgan fingerprint density at radius 2 is 1.94 bits per heavy atom. The van der Waals surface area contributed by atoms with E-state index in [1.54, 1.807) is 6.92 Å². The van der Waals surface area contributed by atoms with Crippen LogP contribution in [0.15, 0.2) is 0 Å². The Kier molecular flexibility index (Phi) is 6.14. The van der Waals surface area contributed by atoms with Crippen molar-refractivity contribution in [3.63, 3.8) is 0 Å². The third-order valence-electron chi connectivity index (χ3n) is 2.28. The van der Waals surface area contributed by atoms with E-state index in [9.17, 15) is 22.4 Å². The molecular weight excluding hydrogens is 246 g/mol. The van der Waals surface area contributed by atoms with E-state index in [-0.39, 0.29) is 0 Å². The fraction of sp³-hybridized carbons (Fsp3) is 0.889. The molecule has 0 heterocycles. The largest absolute Gasteiger partial charge is 0.383 e. The monoisotopic (exact) mass is 261 g/mol. The molecule has 0 aliphatic carbocycles. The molecule has 0 aromatic carbocycles. The minimum atomic E-state index is -4.59. The number of alkyl halides is 4. The Labute approximate surface area is 96.4 Å². The van der Waals surface area contributed by atoms with Gasteiger partial charge >= 0.3 is 12.3 Å². The zero-order valence-electron chi connectivity index (χ0n) is 9.34. The second-order valence-electron chi connectivity index (χ2n) is 3.47. The first-order valence-corrected chi connectivity index (χ1v) is 6.06. The number of hydrogen-bond donors (Lipinski definition) is 0. The Balaban J connectivity index is 4.48. The maximum absolute atomic E-state index is 12.7. The van der Waals surface area contributed by atoms with E-state index < -0.39 is 24.3 Å². The van der Waals surface area contributed by atoms with Crippen LogP contribution in [0, 0.1) is 0 Å². The Morgan fingerprint density at radius 1 is 1.44 bits per heavy atom. The van der Waals surface area contributed by atoms with E-state index >= 15 is 0 Å². The summed E-state index contributed by atoms with van der Waals surface area (Å²) in [5.41, 5.74) is 0. The van der Waals surface area contributed by atoms with E-state index in [0.717, 1.165) is 7.05 Å². The summed E-state index contributed by atoms with van der Waals surface area (Å²) < 4.78 is 49.3. The van der Waals surface area contributed by atoms with Crippen LogP contribution in [-0.2, 0) is 4.79 Å². The molecule has 0 spiro atoms. The highest BCUT2D eigenvalue weighted by Crippen LogP contribution is 2.26. The van der Waals surface area contributed by atoms with Crippen molar-refractivity contribution in [2.45, 2.75) is 31.7 Å². The Bertz CT molecular complexity index is 238. The third-order valence-corrected chi connectivity index (χ3v) is 2.92. The van der Waals surface area contributed by atoms with Gasteiger partial charge in [0.15, 0.2) is 0 Å². The summed E-state index contributed by atoms with van der Waals surface area (Å²) in [5, 5.41) is 0. The van der Waals surface area contributed by atoms with Crippen LogP contribution in [0.5, 0.6) is 0 Å². The standard InChI is InChI=1S/C9H15F4NOS/c1-6(4-5-16-3)14(2)8(15)9(12,13)7(10)11/h6-7H,4-5H2,1-3H3. The maximum Gasteiger partial charge on any atom is 0.383 e. The van der Waals surface area contributed by atoms with Crippen LogP contribution in [0.4, 0.5) is 17.6 Å². The molecule has 0 aromatic heterocycles. The molecule has 0 saturated heterocycles. The zero-order chi connectivity index (χ0) is 12.9. The first-order valence-electron chi connectivity index (χ1n) is 4.67. The SMILES string of the molecule is CSCCC(C)N(C)C(=O)C(F)(F)C(F)F. The first-order chi connectivity index (χ1) is 7.25. The normalized spacial score (nSPS) is 14.0. The van der Waals surface area contributed by atoms with Crippen molar-refractivity contribution in [3.05, 3.63) is 0 Å². The molecule has 0 aliphatic rings. The molecule has 0 rings (SSSR count). The Morgan fingerprint density at radius 3 is 2.31 bits per heavy atom. The molecule has 0 radical (unpaired) electrons. The van der Waals surface area contributed by atoms with Crippen molar-refractivity contribution in [1.29, 1.82) is 0 Å². The predicted molar refractivity (Wildman–Crippen MR) is 56.2 cm³/mol. The van der Waals surface area contributed by atoms with Gasteiger partial charge in [-0.25, -0.2) is 8.78 Å². The van der Waals surface area contributed by atoms with Crippen LogP contribution in [0.2, 0.25) is 0 Å². The van der Waals surface area contributed by atoms with E-state index in [1.807, 2.05) is 6.26 Å². The fourth-order valence-corrected chi connectivity index (χ4v) is 1.59. The van der Waals surface area contributed by atoms with Crippen molar-refractivity contribution in [1.82, 2.24) is 4.90 Å². The second kappa shape index (κ2) is 6.32. The molecule has 7 heteroatoms. The lowest BCUT2D eigenvalue weighted by molar-refractivity contribution is -0.181. The Hall–Kier alpha value is -0.460. The molecule has 0 bridgehead atoms. The molecule has 1 amide bonds. The van der Waals surface area contributed by atoms with E-state index in [2.05, 4.69) is 0 Å². The zero-order valence-corrected chi connectivity index (χ0v) is 10.2. The summed E-state index contributed by atoms with van der Waals surface area (Å²) >= 11 is 1.50. The third kappa shape index (κ3) is 3.84. The van der Waals surface area contributed by atoms with Crippen molar-refractivity contribution in [2.75, 3.05) is 19.1 Å². The highest BCUT2D eigenvalue weighted by Gasteiger charge is 2.51. The van der Waals surface area contributed by atoms with Gasteiger partial charge in [0.25, 0.3) is 5.91 Å². The highest BCUT2D eigenvalue weighted by molar-refractivity contribution is 7.98. The lowest BCUT2D eigenvalue weighted by Crippen LogP contribution is -2.49. The topological polar surface area (TPSA) is 20.3 Å². The van der Waals surface area contributed by atoms with Gasteiger partial charge in [-0.2, -0.15) is 20.5 Å². The quantitative estimate of drug-likeness (QED) is 0.685. The van der Waals surface area contributed by atoms with Gasteiger partial charge in [-0.15, -0.1) is 0 Å². The van der Waals surface area contributed by atoms with Crippen molar-refractivity contribution in [3.8, 4) is 0 Å². The van der Waals surface area contributed by atoms with Crippen LogP contribution >= 0.6 is 11.8 Å². The lowest BCUT2D eigenvalue weighted by atomic mass is 10.2. The molecule has 16 heavy (non-hydrogen) atoms. The van der Waals surface area contributed by atoms with E-state index in [0.29, 0.717) is 17.1 Å². The van der Waals surface area contributed by atoms with Gasteiger partial charge in [-0.05, 0) is 25.4 Å². The first kappa shape index (κ1) is 15.5. The molecule has 0 N–H and O–H groups in total. The summed E-state index contributed by atoms with van der Waals surface area (Å²) in [6.45, 7) is 1.55. The fourth-order valence-electron chi connectivity index (χ4n) is 1.01. The highest BCUT2D eigenvalue weighted by atomic mass is 32.2. The average molecular weight is 261 g/mol. The maximum atomic E-state index is 12.7. The molecule has 1 unspecified atom stereocenters. The molecule has 0 fully saturated rings.